The summed E-state index contributed by atoms with van der Waals surface area (Å²) in [5, 5.41) is 0.661. The van der Waals surface area contributed by atoms with E-state index in [4.69, 9.17) is 4.98 Å². The first-order valence-corrected chi connectivity index (χ1v) is 15.4. The van der Waals surface area contributed by atoms with Crippen LogP contribution in [-0.4, -0.2) is 67.8 Å². The zero-order valence-corrected chi connectivity index (χ0v) is 24.6. The largest absolute Gasteiger partial charge is 0.302 e. The van der Waals surface area contributed by atoms with Gasteiger partial charge in [0.1, 0.15) is 0 Å². The van der Waals surface area contributed by atoms with Gasteiger partial charge >= 0.3 is 0 Å². The lowest BCUT2D eigenvalue weighted by Gasteiger charge is -2.25. The SMILES string of the molecule is CCCCN(CC)S(=O)(=O)c1ccc(C(=O)N(CCN(CC)CC)c2nc3c(C)c(C)ccc3s2)cc1. The summed E-state index contributed by atoms with van der Waals surface area (Å²) in [6, 6.07) is 10.5. The topological polar surface area (TPSA) is 73.8 Å². The molecule has 0 atom stereocenters. The molecule has 7 nitrogen and oxygen atoms in total. The number of aryl methyl sites for hydroxylation is 2. The molecule has 0 aliphatic carbocycles. The average molecular weight is 545 g/mol. The lowest BCUT2D eigenvalue weighted by Crippen LogP contribution is -2.39. The van der Waals surface area contributed by atoms with Gasteiger partial charge in [-0.25, -0.2) is 13.4 Å². The number of unbranched alkanes of at least 4 members (excludes halogenated alkanes) is 1. The minimum Gasteiger partial charge on any atom is -0.302 e. The fourth-order valence-corrected chi connectivity index (χ4v) is 6.79. The highest BCUT2D eigenvalue weighted by molar-refractivity contribution is 7.89. The van der Waals surface area contributed by atoms with Crippen molar-refractivity contribution in [2.75, 3.05) is 44.2 Å². The number of carbonyl (C=O) groups is 1. The fraction of sp³-hybridized carbons (Fsp3) is 0.500. The number of fused-ring (bicyclic) bond motifs is 1. The van der Waals surface area contributed by atoms with Crippen molar-refractivity contribution in [3.8, 4) is 0 Å². The van der Waals surface area contributed by atoms with Gasteiger partial charge in [0.15, 0.2) is 5.13 Å². The van der Waals surface area contributed by atoms with Crippen LogP contribution in [0.1, 0.15) is 62.0 Å². The summed E-state index contributed by atoms with van der Waals surface area (Å²) in [4.78, 5) is 22.9. The summed E-state index contributed by atoms with van der Waals surface area (Å²) in [6.45, 7) is 16.2. The van der Waals surface area contributed by atoms with Gasteiger partial charge in [0.2, 0.25) is 10.0 Å². The minimum atomic E-state index is -3.60. The van der Waals surface area contributed by atoms with Crippen molar-refractivity contribution >= 4 is 42.6 Å². The van der Waals surface area contributed by atoms with Crippen molar-refractivity contribution in [1.29, 1.82) is 0 Å². The van der Waals surface area contributed by atoms with Crippen LogP contribution >= 0.6 is 11.3 Å². The van der Waals surface area contributed by atoms with Gasteiger partial charge in [-0.3, -0.25) is 9.69 Å². The lowest BCUT2D eigenvalue weighted by molar-refractivity contribution is 0.0983. The molecule has 1 amide bonds. The highest BCUT2D eigenvalue weighted by Crippen LogP contribution is 2.32. The number of carbonyl (C=O) groups excluding carboxylic acids is 1. The molecule has 3 rings (SSSR count). The van der Waals surface area contributed by atoms with Gasteiger partial charge in [0.05, 0.1) is 15.1 Å². The number of hydrogen-bond donors (Lipinski definition) is 0. The zero-order valence-electron chi connectivity index (χ0n) is 23.0. The smallest absolute Gasteiger partial charge is 0.260 e. The van der Waals surface area contributed by atoms with E-state index in [2.05, 4.69) is 44.7 Å². The number of benzene rings is 2. The Hall–Kier alpha value is -2.33. The van der Waals surface area contributed by atoms with E-state index >= 15 is 0 Å². The third-order valence-corrected chi connectivity index (χ3v) is 9.97. The predicted octanol–water partition coefficient (Wildman–Crippen LogP) is 5.71. The number of likely N-dealkylation sites (N-methyl/N-ethyl adjacent to an activating group) is 1. The average Bonchev–Trinajstić information content (AvgIpc) is 3.33. The Labute approximate surface area is 226 Å². The number of hydrogen-bond acceptors (Lipinski definition) is 6. The Bertz CT molecular complexity index is 1300. The summed E-state index contributed by atoms with van der Waals surface area (Å²) in [6.07, 6.45) is 1.74. The Kier molecular flexibility index (Phi) is 10.2. The van der Waals surface area contributed by atoms with E-state index in [1.807, 2.05) is 13.8 Å². The molecule has 0 unspecified atom stereocenters. The molecule has 202 valence electrons. The standard InChI is InChI=1S/C28H40N4O3S2/c1-7-11-18-31(10-4)37(34,35)24-15-13-23(14-16-24)27(33)32(20-19-30(8-2)9-3)28-29-26-22(6)21(5)12-17-25(26)36-28/h12-17H,7-11,18-20H2,1-6H3. The van der Waals surface area contributed by atoms with Gasteiger partial charge < -0.3 is 4.90 Å². The highest BCUT2D eigenvalue weighted by atomic mass is 32.2. The van der Waals surface area contributed by atoms with E-state index in [1.165, 1.54) is 21.2 Å². The quantitative estimate of drug-likeness (QED) is 0.275. The van der Waals surface area contributed by atoms with E-state index in [-0.39, 0.29) is 10.8 Å². The molecule has 0 saturated heterocycles. The van der Waals surface area contributed by atoms with Crippen molar-refractivity contribution in [2.24, 2.45) is 0 Å². The predicted molar refractivity (Wildman–Crippen MR) is 154 cm³/mol. The monoisotopic (exact) mass is 544 g/mol. The van der Waals surface area contributed by atoms with Crippen molar-refractivity contribution in [3.05, 3.63) is 53.1 Å². The van der Waals surface area contributed by atoms with Crippen LogP contribution in [0.25, 0.3) is 10.2 Å². The molecule has 0 radical (unpaired) electrons. The van der Waals surface area contributed by atoms with Crippen LogP contribution in [0, 0.1) is 13.8 Å². The van der Waals surface area contributed by atoms with Gasteiger partial charge in [-0.15, -0.1) is 0 Å². The van der Waals surface area contributed by atoms with Crippen molar-refractivity contribution in [3.63, 3.8) is 0 Å². The summed E-state index contributed by atoms with van der Waals surface area (Å²) in [5.74, 6) is -0.178. The van der Waals surface area contributed by atoms with Gasteiger partial charge in [-0.1, -0.05) is 51.5 Å². The maximum atomic E-state index is 13.8. The first kappa shape index (κ1) is 29.2. The van der Waals surface area contributed by atoms with Crippen molar-refractivity contribution < 1.29 is 13.2 Å². The van der Waals surface area contributed by atoms with Crippen molar-refractivity contribution in [1.82, 2.24) is 14.2 Å². The number of thiazole rings is 1. The summed E-state index contributed by atoms with van der Waals surface area (Å²) < 4.78 is 28.8. The molecule has 0 aliphatic rings. The number of sulfonamides is 1. The van der Waals surface area contributed by atoms with Crippen LogP contribution in [0.15, 0.2) is 41.3 Å². The van der Waals surface area contributed by atoms with Gasteiger partial charge in [-0.2, -0.15) is 4.31 Å². The van der Waals surface area contributed by atoms with E-state index < -0.39 is 10.0 Å². The van der Waals surface area contributed by atoms with Crippen LogP contribution in [-0.2, 0) is 10.0 Å². The van der Waals surface area contributed by atoms with Gasteiger partial charge in [-0.05, 0) is 74.8 Å². The second-order valence-corrected chi connectivity index (χ2v) is 12.2. The third-order valence-electron chi connectivity index (χ3n) is 6.94. The maximum absolute atomic E-state index is 13.8. The maximum Gasteiger partial charge on any atom is 0.260 e. The first-order chi connectivity index (χ1) is 17.7. The molecule has 0 bridgehead atoms. The lowest BCUT2D eigenvalue weighted by atomic mass is 10.1. The Morgan fingerprint density at radius 3 is 2.16 bits per heavy atom. The first-order valence-electron chi connectivity index (χ1n) is 13.2. The number of amides is 1. The molecule has 37 heavy (non-hydrogen) atoms. The van der Waals surface area contributed by atoms with E-state index in [1.54, 1.807) is 29.2 Å². The molecule has 9 heteroatoms. The third kappa shape index (κ3) is 6.57. The van der Waals surface area contributed by atoms with Crippen LogP contribution < -0.4 is 4.90 Å². The van der Waals surface area contributed by atoms with E-state index in [0.717, 1.165) is 48.3 Å². The van der Waals surface area contributed by atoms with Crippen LogP contribution in [0.2, 0.25) is 0 Å². The number of anilines is 1. The molecule has 0 aliphatic heterocycles. The van der Waals surface area contributed by atoms with Gasteiger partial charge in [0.25, 0.3) is 5.91 Å². The molecule has 1 heterocycles. The van der Waals surface area contributed by atoms with Crippen molar-refractivity contribution in [2.45, 2.75) is 59.3 Å². The molecule has 1 aromatic heterocycles. The number of nitrogens with zero attached hydrogens (tertiary/aromatic N) is 4. The van der Waals surface area contributed by atoms with E-state index in [0.29, 0.717) is 30.3 Å². The summed E-state index contributed by atoms with van der Waals surface area (Å²) >= 11 is 1.51. The normalized spacial score (nSPS) is 12.1. The molecule has 0 saturated carbocycles. The zero-order chi connectivity index (χ0) is 27.2. The number of rotatable bonds is 13. The number of aromatic nitrogens is 1. The summed E-state index contributed by atoms with van der Waals surface area (Å²) in [7, 11) is -3.60. The molecule has 0 N–H and O–H groups in total. The van der Waals surface area contributed by atoms with Crippen LogP contribution in [0.3, 0.4) is 0 Å². The summed E-state index contributed by atoms with van der Waals surface area (Å²) in [5.41, 5.74) is 3.66. The minimum absolute atomic E-state index is 0.178. The molecule has 0 spiro atoms. The molecule has 0 fully saturated rings. The van der Waals surface area contributed by atoms with Crippen LogP contribution in [0.4, 0.5) is 5.13 Å². The molecule has 2 aromatic carbocycles. The van der Waals surface area contributed by atoms with Crippen LogP contribution in [0.5, 0.6) is 0 Å². The molecular formula is C28H40N4O3S2. The molecule has 3 aromatic rings. The Morgan fingerprint density at radius 2 is 1.57 bits per heavy atom. The second-order valence-electron chi connectivity index (χ2n) is 9.21. The second kappa shape index (κ2) is 13.0. The van der Waals surface area contributed by atoms with E-state index in [9.17, 15) is 13.2 Å². The Balaban J connectivity index is 1.94. The highest BCUT2D eigenvalue weighted by Gasteiger charge is 2.25. The molecular weight excluding hydrogens is 504 g/mol. The fourth-order valence-electron chi connectivity index (χ4n) is 4.25. The Morgan fingerprint density at radius 1 is 0.892 bits per heavy atom. The van der Waals surface area contributed by atoms with Gasteiger partial charge in [0, 0.05) is 31.7 Å².